The first-order valence-electron chi connectivity index (χ1n) is 9.03. The Kier molecular flexibility index (Phi) is 11.8. The first kappa shape index (κ1) is 20.1. The van der Waals surface area contributed by atoms with Crippen molar-refractivity contribution in [2.24, 2.45) is 0 Å². The number of thioether (sulfide) groups is 1. The van der Waals surface area contributed by atoms with Crippen molar-refractivity contribution in [1.82, 2.24) is 0 Å². The van der Waals surface area contributed by atoms with Gasteiger partial charge >= 0.3 is 5.97 Å². The molecule has 0 amide bonds. The summed E-state index contributed by atoms with van der Waals surface area (Å²) in [5, 5.41) is 0. The van der Waals surface area contributed by atoms with Gasteiger partial charge in [-0.25, -0.2) is 4.79 Å². The highest BCUT2D eigenvalue weighted by Gasteiger charge is 2.06. The molecular formula is C20H32O2S. The summed E-state index contributed by atoms with van der Waals surface area (Å²) in [5.74, 6) is 0.639. The Morgan fingerprint density at radius 2 is 1.57 bits per heavy atom. The van der Waals surface area contributed by atoms with Gasteiger partial charge in [-0.3, -0.25) is 0 Å². The van der Waals surface area contributed by atoms with Crippen LogP contribution in [0.2, 0.25) is 0 Å². The quantitative estimate of drug-likeness (QED) is 0.332. The van der Waals surface area contributed by atoms with Gasteiger partial charge in [0.2, 0.25) is 0 Å². The third kappa shape index (κ3) is 9.70. The zero-order chi connectivity index (χ0) is 16.8. The molecule has 0 saturated heterocycles. The number of carbonyl (C=O) groups is 1. The number of esters is 1. The van der Waals surface area contributed by atoms with Crippen LogP contribution in [0.4, 0.5) is 0 Å². The second kappa shape index (κ2) is 13.5. The summed E-state index contributed by atoms with van der Waals surface area (Å²) >= 11 is 1.68. The lowest BCUT2D eigenvalue weighted by Crippen LogP contribution is -2.07. The highest BCUT2D eigenvalue weighted by Crippen LogP contribution is 2.12. The summed E-state index contributed by atoms with van der Waals surface area (Å²) in [5.41, 5.74) is 1.97. The number of benzene rings is 1. The summed E-state index contributed by atoms with van der Waals surface area (Å²) in [6, 6.07) is 7.90. The zero-order valence-corrected chi connectivity index (χ0v) is 15.6. The van der Waals surface area contributed by atoms with Gasteiger partial charge in [0.25, 0.3) is 0 Å². The van der Waals surface area contributed by atoms with E-state index in [0.717, 1.165) is 12.2 Å². The largest absolute Gasteiger partial charge is 0.461 e. The van der Waals surface area contributed by atoms with Gasteiger partial charge in [-0.05, 0) is 36.8 Å². The topological polar surface area (TPSA) is 26.3 Å². The lowest BCUT2D eigenvalue weighted by atomic mass is 10.0. The number of hydrogen-bond acceptors (Lipinski definition) is 3. The van der Waals surface area contributed by atoms with Gasteiger partial charge in [-0.1, -0.05) is 64.0 Å². The van der Waals surface area contributed by atoms with Crippen molar-refractivity contribution in [3.63, 3.8) is 0 Å². The first-order valence-corrected chi connectivity index (χ1v) is 10.4. The van der Waals surface area contributed by atoms with E-state index < -0.39 is 0 Å². The van der Waals surface area contributed by atoms with Crippen LogP contribution in [0.25, 0.3) is 0 Å². The Morgan fingerprint density at radius 3 is 2.17 bits per heavy atom. The van der Waals surface area contributed by atoms with Crippen molar-refractivity contribution in [1.29, 1.82) is 0 Å². The Labute approximate surface area is 146 Å². The second-order valence-corrected chi connectivity index (χ2v) is 7.04. The molecule has 0 aliphatic carbocycles. The number of aryl methyl sites for hydroxylation is 1. The Morgan fingerprint density at radius 1 is 0.957 bits per heavy atom. The normalized spacial score (nSPS) is 10.7. The molecule has 0 heterocycles. The third-order valence-corrected chi connectivity index (χ3v) is 4.60. The SMILES string of the molecule is CCCCCCCCCCc1ccc(C(=O)OCCSC)cc1. The third-order valence-electron chi connectivity index (χ3n) is 4.03. The van der Waals surface area contributed by atoms with Crippen LogP contribution in [0.3, 0.4) is 0 Å². The summed E-state index contributed by atoms with van der Waals surface area (Å²) < 4.78 is 5.20. The standard InChI is InChI=1S/C20H32O2S/c1-3-4-5-6-7-8-9-10-11-18-12-14-19(15-13-18)20(21)22-16-17-23-2/h12-15H,3-11,16-17H2,1-2H3. The van der Waals surface area contributed by atoms with Gasteiger partial charge < -0.3 is 4.74 Å². The highest BCUT2D eigenvalue weighted by atomic mass is 32.2. The molecule has 0 saturated carbocycles. The van der Waals surface area contributed by atoms with E-state index in [0.29, 0.717) is 12.2 Å². The van der Waals surface area contributed by atoms with Crippen LogP contribution in [0, 0.1) is 0 Å². The maximum atomic E-state index is 11.8. The van der Waals surface area contributed by atoms with Gasteiger partial charge in [0, 0.05) is 5.75 Å². The van der Waals surface area contributed by atoms with Crippen molar-refractivity contribution in [3.05, 3.63) is 35.4 Å². The van der Waals surface area contributed by atoms with E-state index in [1.54, 1.807) is 11.8 Å². The van der Waals surface area contributed by atoms with Crippen LogP contribution >= 0.6 is 11.8 Å². The smallest absolute Gasteiger partial charge is 0.338 e. The molecule has 3 heteroatoms. The molecule has 1 aromatic rings. The molecule has 0 aliphatic heterocycles. The first-order chi connectivity index (χ1) is 11.3. The molecule has 0 bridgehead atoms. The van der Waals surface area contributed by atoms with Crippen LogP contribution in [-0.4, -0.2) is 24.6 Å². The number of carbonyl (C=O) groups excluding carboxylic acids is 1. The second-order valence-electron chi connectivity index (χ2n) is 6.05. The van der Waals surface area contributed by atoms with Crippen molar-refractivity contribution in [3.8, 4) is 0 Å². The van der Waals surface area contributed by atoms with E-state index >= 15 is 0 Å². The lowest BCUT2D eigenvalue weighted by molar-refractivity contribution is 0.0530. The fourth-order valence-corrected chi connectivity index (χ4v) is 2.82. The molecule has 1 rings (SSSR count). The summed E-state index contributed by atoms with van der Waals surface area (Å²) in [7, 11) is 0. The van der Waals surface area contributed by atoms with Crippen LogP contribution in [0.15, 0.2) is 24.3 Å². The summed E-state index contributed by atoms with van der Waals surface area (Å²) in [6.45, 7) is 2.75. The average Bonchev–Trinajstić information content (AvgIpc) is 2.58. The predicted molar refractivity (Wildman–Crippen MR) is 101 cm³/mol. The molecule has 0 radical (unpaired) electrons. The minimum Gasteiger partial charge on any atom is -0.461 e. The molecule has 0 spiro atoms. The number of hydrogen-bond donors (Lipinski definition) is 0. The van der Waals surface area contributed by atoms with E-state index in [9.17, 15) is 4.79 Å². The van der Waals surface area contributed by atoms with Crippen molar-refractivity contribution >= 4 is 17.7 Å². The fourth-order valence-electron chi connectivity index (χ4n) is 2.57. The zero-order valence-electron chi connectivity index (χ0n) is 14.8. The molecule has 0 N–H and O–H groups in total. The van der Waals surface area contributed by atoms with E-state index in [-0.39, 0.29) is 5.97 Å². The highest BCUT2D eigenvalue weighted by molar-refractivity contribution is 7.98. The monoisotopic (exact) mass is 336 g/mol. The van der Waals surface area contributed by atoms with Gasteiger partial charge in [0.05, 0.1) is 5.56 Å². The Hall–Kier alpha value is -0.960. The lowest BCUT2D eigenvalue weighted by Gasteiger charge is -2.06. The molecule has 0 atom stereocenters. The van der Waals surface area contributed by atoms with Crippen molar-refractivity contribution in [2.45, 2.75) is 64.7 Å². The molecule has 2 nitrogen and oxygen atoms in total. The number of unbranched alkanes of at least 4 members (excludes halogenated alkanes) is 7. The molecule has 0 aromatic heterocycles. The number of rotatable bonds is 13. The van der Waals surface area contributed by atoms with E-state index in [4.69, 9.17) is 4.74 Å². The summed E-state index contributed by atoms with van der Waals surface area (Å²) in [4.78, 5) is 11.8. The molecule has 23 heavy (non-hydrogen) atoms. The van der Waals surface area contributed by atoms with Crippen molar-refractivity contribution < 1.29 is 9.53 Å². The van der Waals surface area contributed by atoms with Gasteiger partial charge in [-0.2, -0.15) is 11.8 Å². The molecule has 0 unspecified atom stereocenters. The molecule has 1 aromatic carbocycles. The predicted octanol–water partition coefficient (Wildman–Crippen LogP) is 5.89. The molecule has 130 valence electrons. The van der Waals surface area contributed by atoms with Crippen molar-refractivity contribution in [2.75, 3.05) is 18.6 Å². The van der Waals surface area contributed by atoms with E-state index in [1.165, 1.54) is 56.9 Å². The molecular weight excluding hydrogens is 304 g/mol. The average molecular weight is 337 g/mol. The van der Waals surface area contributed by atoms with Crippen LogP contribution < -0.4 is 0 Å². The summed E-state index contributed by atoms with van der Waals surface area (Å²) in [6.07, 6.45) is 13.9. The maximum Gasteiger partial charge on any atom is 0.338 e. The van der Waals surface area contributed by atoms with Crippen LogP contribution in [0.1, 0.15) is 74.2 Å². The van der Waals surface area contributed by atoms with Crippen LogP contribution in [-0.2, 0) is 11.2 Å². The Balaban J connectivity index is 2.15. The molecule has 0 fully saturated rings. The minimum atomic E-state index is -0.210. The Bertz CT molecular complexity index is 414. The van der Waals surface area contributed by atoms with Crippen LogP contribution in [0.5, 0.6) is 0 Å². The van der Waals surface area contributed by atoms with Gasteiger partial charge in [0.15, 0.2) is 0 Å². The van der Waals surface area contributed by atoms with E-state index in [1.807, 2.05) is 18.4 Å². The molecule has 0 aliphatic rings. The fraction of sp³-hybridized carbons (Fsp3) is 0.650. The number of ether oxygens (including phenoxy) is 1. The van der Waals surface area contributed by atoms with Gasteiger partial charge in [-0.15, -0.1) is 0 Å². The van der Waals surface area contributed by atoms with E-state index in [2.05, 4.69) is 19.1 Å². The minimum absolute atomic E-state index is 0.210. The maximum absolute atomic E-state index is 11.8. The van der Waals surface area contributed by atoms with Gasteiger partial charge in [0.1, 0.15) is 6.61 Å².